The van der Waals surface area contributed by atoms with Crippen LogP contribution in [0.1, 0.15) is 26.3 Å². The van der Waals surface area contributed by atoms with Gasteiger partial charge < -0.3 is 4.74 Å². The molecule has 1 aromatic rings. The average Bonchev–Trinajstić information content (AvgIpc) is 2.14. The molecule has 0 amide bonds. The molecule has 2 heteroatoms. The fourth-order valence-electron chi connectivity index (χ4n) is 1.26. The summed E-state index contributed by atoms with van der Waals surface area (Å²) in [6, 6.07) is 8.30. The van der Waals surface area contributed by atoms with Crippen LogP contribution in [0.25, 0.3) is 0 Å². The molecule has 0 saturated heterocycles. The Morgan fingerprint density at radius 1 is 1.20 bits per heavy atom. The molecule has 1 rings (SSSR count). The largest absolute Gasteiger partial charge is 0.478 e. The zero-order valence-corrected chi connectivity index (χ0v) is 10.4. The number of ether oxygens (including phenoxy) is 1. The van der Waals surface area contributed by atoms with Crippen LogP contribution in [-0.4, -0.2) is 25.7 Å². The Kier molecular flexibility index (Phi) is 3.75. The van der Waals surface area contributed by atoms with Gasteiger partial charge in [-0.15, -0.1) is 0 Å². The second-order valence-corrected chi connectivity index (χ2v) is 5.13. The van der Waals surface area contributed by atoms with Crippen molar-refractivity contribution in [2.45, 2.75) is 26.2 Å². The summed E-state index contributed by atoms with van der Waals surface area (Å²) >= 11 is 0. The zero-order chi connectivity index (χ0) is 11.5. The lowest BCUT2D eigenvalue weighted by molar-refractivity contribution is 0.179. The van der Waals surface area contributed by atoms with E-state index in [1.165, 1.54) is 5.56 Å². The van der Waals surface area contributed by atoms with E-state index in [1.54, 1.807) is 0 Å². The minimum Gasteiger partial charge on any atom is -0.478 e. The highest BCUT2D eigenvalue weighted by Gasteiger charge is 2.13. The van der Waals surface area contributed by atoms with Gasteiger partial charge in [-0.3, -0.25) is 4.90 Å². The van der Waals surface area contributed by atoms with E-state index in [1.807, 2.05) is 31.1 Å². The van der Waals surface area contributed by atoms with Gasteiger partial charge in [0.2, 0.25) is 0 Å². The van der Waals surface area contributed by atoms with E-state index in [2.05, 4.69) is 32.9 Å². The molecule has 0 aliphatic carbocycles. The van der Waals surface area contributed by atoms with Crippen molar-refractivity contribution in [3.8, 4) is 5.75 Å². The van der Waals surface area contributed by atoms with E-state index < -0.39 is 0 Å². The minimum absolute atomic E-state index is 0.178. The number of rotatable bonds is 3. The molecule has 0 saturated carbocycles. The molecular weight excluding hydrogens is 186 g/mol. The minimum atomic E-state index is 0.178. The van der Waals surface area contributed by atoms with Gasteiger partial charge >= 0.3 is 0 Å². The van der Waals surface area contributed by atoms with Crippen LogP contribution in [0.3, 0.4) is 0 Å². The summed E-state index contributed by atoms with van der Waals surface area (Å²) < 4.78 is 5.63. The van der Waals surface area contributed by atoms with Gasteiger partial charge in [-0.05, 0) is 37.2 Å². The summed E-state index contributed by atoms with van der Waals surface area (Å²) in [5.74, 6) is 0.941. The number of benzene rings is 1. The van der Waals surface area contributed by atoms with Crippen LogP contribution >= 0.6 is 0 Å². The van der Waals surface area contributed by atoms with E-state index in [4.69, 9.17) is 4.74 Å². The Bertz CT molecular complexity index is 313. The smallest absolute Gasteiger partial charge is 0.141 e. The average molecular weight is 207 g/mol. The van der Waals surface area contributed by atoms with Crippen molar-refractivity contribution < 1.29 is 4.74 Å². The van der Waals surface area contributed by atoms with Crippen molar-refractivity contribution in [1.82, 2.24) is 4.90 Å². The first kappa shape index (κ1) is 12.1. The summed E-state index contributed by atoms with van der Waals surface area (Å²) in [6.07, 6.45) is 0. The van der Waals surface area contributed by atoms with Gasteiger partial charge in [-0.25, -0.2) is 0 Å². The second kappa shape index (κ2) is 4.67. The van der Waals surface area contributed by atoms with Crippen molar-refractivity contribution in [3.63, 3.8) is 0 Å². The molecule has 15 heavy (non-hydrogen) atoms. The molecule has 0 radical (unpaired) electrons. The van der Waals surface area contributed by atoms with E-state index in [0.717, 1.165) is 5.75 Å². The van der Waals surface area contributed by atoms with E-state index in [-0.39, 0.29) is 5.41 Å². The summed E-state index contributed by atoms with van der Waals surface area (Å²) in [6.45, 7) is 7.24. The predicted octanol–water partition coefficient (Wildman–Crippen LogP) is 2.88. The van der Waals surface area contributed by atoms with E-state index in [0.29, 0.717) is 6.73 Å². The van der Waals surface area contributed by atoms with Crippen LogP contribution < -0.4 is 4.74 Å². The normalized spacial score (nSPS) is 11.9. The van der Waals surface area contributed by atoms with Gasteiger partial charge in [0, 0.05) is 0 Å². The molecule has 0 aliphatic heterocycles. The molecule has 0 fully saturated rings. The fourth-order valence-corrected chi connectivity index (χ4v) is 1.26. The number of hydrogen-bond acceptors (Lipinski definition) is 2. The fraction of sp³-hybridized carbons (Fsp3) is 0.538. The van der Waals surface area contributed by atoms with E-state index >= 15 is 0 Å². The van der Waals surface area contributed by atoms with Gasteiger partial charge in [0.15, 0.2) is 0 Å². The lowest BCUT2D eigenvalue weighted by atomic mass is 9.87. The monoisotopic (exact) mass is 207 g/mol. The Morgan fingerprint density at radius 3 is 2.40 bits per heavy atom. The lowest BCUT2D eigenvalue weighted by Crippen LogP contribution is -2.18. The molecule has 1 aromatic carbocycles. The molecule has 0 atom stereocenters. The van der Waals surface area contributed by atoms with Crippen LogP contribution in [0, 0.1) is 0 Å². The molecule has 0 spiro atoms. The van der Waals surface area contributed by atoms with Crippen LogP contribution in [0.4, 0.5) is 0 Å². The molecule has 0 aliphatic rings. The summed E-state index contributed by atoms with van der Waals surface area (Å²) in [4.78, 5) is 2.00. The maximum Gasteiger partial charge on any atom is 0.141 e. The SMILES string of the molecule is CN(C)COc1cccc(C(C)(C)C)c1. The molecule has 2 nitrogen and oxygen atoms in total. The maximum absolute atomic E-state index is 5.63. The van der Waals surface area contributed by atoms with Gasteiger partial charge in [-0.1, -0.05) is 32.9 Å². The van der Waals surface area contributed by atoms with E-state index in [9.17, 15) is 0 Å². The van der Waals surface area contributed by atoms with Crippen LogP contribution in [0.5, 0.6) is 5.75 Å². The first-order valence-corrected chi connectivity index (χ1v) is 5.27. The summed E-state index contributed by atoms with van der Waals surface area (Å²) in [5, 5.41) is 0. The third kappa shape index (κ3) is 3.92. The number of hydrogen-bond donors (Lipinski definition) is 0. The zero-order valence-electron chi connectivity index (χ0n) is 10.4. The molecule has 0 unspecified atom stereocenters. The molecule has 0 bridgehead atoms. The second-order valence-electron chi connectivity index (χ2n) is 5.13. The summed E-state index contributed by atoms with van der Waals surface area (Å²) in [5.41, 5.74) is 1.48. The quantitative estimate of drug-likeness (QED) is 0.707. The third-order valence-corrected chi connectivity index (χ3v) is 2.19. The highest BCUT2D eigenvalue weighted by molar-refractivity contribution is 5.32. The summed E-state index contributed by atoms with van der Waals surface area (Å²) in [7, 11) is 3.99. The van der Waals surface area contributed by atoms with Crippen LogP contribution in [0.15, 0.2) is 24.3 Å². The van der Waals surface area contributed by atoms with Crippen molar-refractivity contribution >= 4 is 0 Å². The Balaban J connectivity index is 2.75. The standard InChI is InChI=1S/C13H21NO/c1-13(2,3)11-7-6-8-12(9-11)15-10-14(4)5/h6-9H,10H2,1-5H3. The maximum atomic E-state index is 5.63. The first-order chi connectivity index (χ1) is 6.89. The van der Waals surface area contributed by atoms with Gasteiger partial charge in [0.25, 0.3) is 0 Å². The van der Waals surface area contributed by atoms with Crippen LogP contribution in [0.2, 0.25) is 0 Å². The number of nitrogens with zero attached hydrogens (tertiary/aromatic N) is 1. The third-order valence-electron chi connectivity index (χ3n) is 2.19. The molecule has 84 valence electrons. The lowest BCUT2D eigenvalue weighted by Gasteiger charge is -2.20. The molecule has 0 N–H and O–H groups in total. The van der Waals surface area contributed by atoms with Crippen LogP contribution in [-0.2, 0) is 5.41 Å². The Hall–Kier alpha value is -1.02. The molecule has 0 aromatic heterocycles. The van der Waals surface area contributed by atoms with Gasteiger partial charge in [0.1, 0.15) is 12.5 Å². The van der Waals surface area contributed by atoms with Crippen molar-refractivity contribution in [2.24, 2.45) is 0 Å². The molecule has 0 heterocycles. The Morgan fingerprint density at radius 2 is 1.87 bits per heavy atom. The first-order valence-electron chi connectivity index (χ1n) is 5.27. The van der Waals surface area contributed by atoms with Gasteiger partial charge in [-0.2, -0.15) is 0 Å². The highest BCUT2D eigenvalue weighted by Crippen LogP contribution is 2.25. The molecular formula is C13H21NO. The van der Waals surface area contributed by atoms with Crippen molar-refractivity contribution in [2.75, 3.05) is 20.8 Å². The van der Waals surface area contributed by atoms with Gasteiger partial charge in [0.05, 0.1) is 0 Å². The highest BCUT2D eigenvalue weighted by atomic mass is 16.5. The Labute approximate surface area is 92.9 Å². The van der Waals surface area contributed by atoms with Crippen molar-refractivity contribution in [3.05, 3.63) is 29.8 Å². The van der Waals surface area contributed by atoms with Crippen molar-refractivity contribution in [1.29, 1.82) is 0 Å². The topological polar surface area (TPSA) is 12.5 Å². The predicted molar refractivity (Wildman–Crippen MR) is 64.3 cm³/mol.